The number of nitrogens with one attached hydrogen (secondary N) is 1. The average molecular weight is 432 g/mol. The van der Waals surface area contributed by atoms with E-state index in [-0.39, 0.29) is 24.4 Å². The lowest BCUT2D eigenvalue weighted by atomic mass is 10.0. The van der Waals surface area contributed by atoms with E-state index in [1.54, 1.807) is 18.7 Å². The van der Waals surface area contributed by atoms with Crippen molar-refractivity contribution in [3.8, 4) is 0 Å². The van der Waals surface area contributed by atoms with Crippen LogP contribution in [0.2, 0.25) is 0 Å². The molecule has 0 saturated carbocycles. The van der Waals surface area contributed by atoms with Crippen LogP contribution in [-0.2, 0) is 22.4 Å². The number of hydrogen-bond acceptors (Lipinski definition) is 4. The molecule has 162 valence electrons. The van der Waals surface area contributed by atoms with Crippen LogP contribution in [0.25, 0.3) is 0 Å². The number of ether oxygens (including phenoxy) is 1. The quantitative estimate of drug-likeness (QED) is 0.739. The summed E-state index contributed by atoms with van der Waals surface area (Å²) in [6.07, 6.45) is 1.41. The van der Waals surface area contributed by atoms with Gasteiger partial charge in [-0.05, 0) is 70.1 Å². The van der Waals surface area contributed by atoms with Gasteiger partial charge in [0.25, 0.3) is 0 Å². The molecule has 2 amide bonds. The van der Waals surface area contributed by atoms with E-state index in [4.69, 9.17) is 4.74 Å². The molecule has 0 spiro atoms. The van der Waals surface area contributed by atoms with Crippen molar-refractivity contribution in [3.63, 3.8) is 0 Å². The maximum Gasteiger partial charge on any atom is 0.411 e. The predicted octanol–water partition coefficient (Wildman–Crippen LogP) is 4.78. The highest BCUT2D eigenvalue weighted by molar-refractivity contribution is 6.03. The Morgan fingerprint density at radius 2 is 1.73 bits per heavy atom. The summed E-state index contributed by atoms with van der Waals surface area (Å²) in [7, 11) is 3.92. The smallest absolute Gasteiger partial charge is 0.411 e. The largest absolute Gasteiger partial charge is 0.447 e. The first-order chi connectivity index (χ1) is 13.8. The standard InChI is InChI=1S/C23H29N3O3.ClH/c1-16(2)29-23(28)24-19-12-11-18-10-9-17-7-5-6-8-20(17)26(21(18)15-19)22(27)13-14-25(3)4;/h5-8,11-12,15-16H,9-10,13-14H2,1-4H3,(H,24,28);1H. The van der Waals surface area contributed by atoms with E-state index in [2.05, 4.69) is 11.4 Å². The first-order valence-electron chi connectivity index (χ1n) is 10.0. The molecule has 1 N–H and O–H groups in total. The molecule has 1 aliphatic heterocycles. The molecule has 3 rings (SSSR count). The molecular weight excluding hydrogens is 402 g/mol. The van der Waals surface area contributed by atoms with E-state index < -0.39 is 6.09 Å². The highest BCUT2D eigenvalue weighted by atomic mass is 35.5. The molecule has 6 nitrogen and oxygen atoms in total. The summed E-state index contributed by atoms with van der Waals surface area (Å²) in [5.41, 5.74) is 4.58. The number of carbonyl (C=O) groups excluding carboxylic acids is 2. The zero-order valence-corrected chi connectivity index (χ0v) is 18.8. The minimum absolute atomic E-state index is 0. The molecule has 1 heterocycles. The summed E-state index contributed by atoms with van der Waals surface area (Å²) in [5.74, 6) is 0.0382. The summed E-state index contributed by atoms with van der Waals surface area (Å²) in [4.78, 5) is 29.1. The maximum absolute atomic E-state index is 13.2. The van der Waals surface area contributed by atoms with Gasteiger partial charge < -0.3 is 9.64 Å². The number of amides is 2. The Morgan fingerprint density at radius 1 is 1.07 bits per heavy atom. The number of para-hydroxylation sites is 1. The normalized spacial score (nSPS) is 12.5. The monoisotopic (exact) mass is 431 g/mol. The Labute approximate surface area is 184 Å². The molecule has 0 unspecified atom stereocenters. The van der Waals surface area contributed by atoms with Crippen molar-refractivity contribution in [2.75, 3.05) is 30.9 Å². The zero-order valence-electron chi connectivity index (χ0n) is 18.0. The SMILES string of the molecule is CC(C)OC(=O)Nc1ccc2c(c1)N(C(=O)CCN(C)C)c1ccccc1CC2.Cl. The molecule has 0 saturated heterocycles. The van der Waals surface area contributed by atoms with E-state index in [0.717, 1.165) is 35.3 Å². The van der Waals surface area contributed by atoms with Gasteiger partial charge in [-0.25, -0.2) is 4.79 Å². The molecule has 0 bridgehead atoms. The fraction of sp³-hybridized carbons (Fsp3) is 0.391. The second-order valence-electron chi connectivity index (χ2n) is 7.83. The minimum atomic E-state index is -0.501. The molecule has 1 aliphatic rings. The van der Waals surface area contributed by atoms with Gasteiger partial charge in [-0.3, -0.25) is 15.0 Å². The van der Waals surface area contributed by atoms with Gasteiger partial charge in [0, 0.05) is 18.7 Å². The molecule has 0 aliphatic carbocycles. The maximum atomic E-state index is 13.2. The average Bonchev–Trinajstić information content (AvgIpc) is 2.82. The lowest BCUT2D eigenvalue weighted by Crippen LogP contribution is -2.30. The number of rotatable bonds is 5. The Hall–Kier alpha value is -2.57. The van der Waals surface area contributed by atoms with Crippen LogP contribution < -0.4 is 10.2 Å². The fourth-order valence-electron chi connectivity index (χ4n) is 3.46. The Balaban J connectivity index is 0.00000320. The first-order valence-corrected chi connectivity index (χ1v) is 10.0. The van der Waals surface area contributed by atoms with Crippen LogP contribution in [0.5, 0.6) is 0 Å². The van der Waals surface area contributed by atoms with Crippen molar-refractivity contribution in [1.29, 1.82) is 0 Å². The van der Waals surface area contributed by atoms with Gasteiger partial charge in [0.05, 0.1) is 17.5 Å². The van der Waals surface area contributed by atoms with E-state index >= 15 is 0 Å². The van der Waals surface area contributed by atoms with E-state index in [0.29, 0.717) is 18.7 Å². The number of fused-ring (bicyclic) bond motifs is 2. The third-order valence-corrected chi connectivity index (χ3v) is 4.83. The molecule has 0 aromatic heterocycles. The lowest BCUT2D eigenvalue weighted by molar-refractivity contribution is -0.118. The molecule has 2 aromatic rings. The van der Waals surface area contributed by atoms with E-state index in [1.807, 2.05) is 55.4 Å². The van der Waals surface area contributed by atoms with Crippen LogP contribution in [0.15, 0.2) is 42.5 Å². The van der Waals surface area contributed by atoms with Crippen LogP contribution in [0.4, 0.5) is 21.9 Å². The van der Waals surface area contributed by atoms with Gasteiger partial charge >= 0.3 is 6.09 Å². The van der Waals surface area contributed by atoms with Crippen LogP contribution in [0.1, 0.15) is 31.4 Å². The summed E-state index contributed by atoms with van der Waals surface area (Å²) in [5, 5.41) is 2.77. The van der Waals surface area contributed by atoms with Gasteiger partial charge in [-0.1, -0.05) is 24.3 Å². The lowest BCUT2D eigenvalue weighted by Gasteiger charge is -2.26. The van der Waals surface area contributed by atoms with Crippen molar-refractivity contribution in [2.24, 2.45) is 0 Å². The second-order valence-corrected chi connectivity index (χ2v) is 7.83. The zero-order chi connectivity index (χ0) is 21.0. The summed E-state index contributed by atoms with van der Waals surface area (Å²) < 4.78 is 5.18. The number of halogens is 1. The Bertz CT molecular complexity index is 899. The van der Waals surface area contributed by atoms with E-state index in [9.17, 15) is 9.59 Å². The summed E-state index contributed by atoms with van der Waals surface area (Å²) in [6.45, 7) is 4.28. The molecule has 30 heavy (non-hydrogen) atoms. The van der Waals surface area contributed by atoms with Crippen LogP contribution in [-0.4, -0.2) is 43.6 Å². The number of carbonyl (C=O) groups is 2. The highest BCUT2D eigenvalue weighted by Gasteiger charge is 2.26. The Morgan fingerprint density at radius 3 is 2.40 bits per heavy atom. The third-order valence-electron chi connectivity index (χ3n) is 4.83. The van der Waals surface area contributed by atoms with Crippen molar-refractivity contribution < 1.29 is 14.3 Å². The van der Waals surface area contributed by atoms with Crippen LogP contribution in [0.3, 0.4) is 0 Å². The Kier molecular flexibility index (Phi) is 8.26. The predicted molar refractivity (Wildman–Crippen MR) is 123 cm³/mol. The highest BCUT2D eigenvalue weighted by Crippen LogP contribution is 2.38. The van der Waals surface area contributed by atoms with Crippen molar-refractivity contribution in [2.45, 2.75) is 39.2 Å². The summed E-state index contributed by atoms with van der Waals surface area (Å²) >= 11 is 0. The van der Waals surface area contributed by atoms with Crippen LogP contribution in [0, 0.1) is 0 Å². The number of anilines is 3. The fourth-order valence-corrected chi connectivity index (χ4v) is 3.46. The summed E-state index contributed by atoms with van der Waals surface area (Å²) in [6, 6.07) is 13.7. The van der Waals surface area contributed by atoms with Crippen LogP contribution >= 0.6 is 12.4 Å². The molecule has 0 radical (unpaired) electrons. The van der Waals surface area contributed by atoms with Gasteiger partial charge in [0.1, 0.15) is 0 Å². The van der Waals surface area contributed by atoms with Gasteiger partial charge in [0.15, 0.2) is 0 Å². The molecule has 0 atom stereocenters. The van der Waals surface area contributed by atoms with Crippen molar-refractivity contribution in [1.82, 2.24) is 4.90 Å². The number of benzene rings is 2. The number of nitrogens with zero attached hydrogens (tertiary/aromatic N) is 2. The van der Waals surface area contributed by atoms with E-state index in [1.165, 1.54) is 0 Å². The molecule has 0 fully saturated rings. The van der Waals surface area contributed by atoms with Gasteiger partial charge in [-0.15, -0.1) is 12.4 Å². The van der Waals surface area contributed by atoms with Crippen molar-refractivity contribution >= 4 is 41.5 Å². The van der Waals surface area contributed by atoms with Crippen molar-refractivity contribution in [3.05, 3.63) is 53.6 Å². The topological polar surface area (TPSA) is 61.9 Å². The minimum Gasteiger partial charge on any atom is -0.447 e. The van der Waals surface area contributed by atoms with Gasteiger partial charge in [0.2, 0.25) is 5.91 Å². The number of aryl methyl sites for hydroxylation is 2. The third kappa shape index (κ3) is 5.74. The second kappa shape index (κ2) is 10.5. The molecule has 7 heteroatoms. The molecule has 2 aromatic carbocycles. The molecular formula is C23H30ClN3O3. The first kappa shape index (κ1) is 23.7. The number of hydrogen-bond donors (Lipinski definition) is 1. The van der Waals surface area contributed by atoms with Gasteiger partial charge in [-0.2, -0.15) is 0 Å².